The molecular weight excluding hydrogens is 588 g/mol. The van der Waals surface area contributed by atoms with Crippen molar-refractivity contribution >= 4 is 67.0 Å². The van der Waals surface area contributed by atoms with Crippen LogP contribution in [-0.2, 0) is 13.1 Å². The molecule has 0 fully saturated rings. The molecule has 0 unspecified atom stereocenters. The predicted octanol–water partition coefficient (Wildman–Crippen LogP) is 6.38. The molecule has 0 radical (unpaired) electrons. The molecule has 4 rings (SSSR count). The minimum absolute atomic E-state index is 0.189. The van der Waals surface area contributed by atoms with Crippen LogP contribution in [0.1, 0.15) is 26.7 Å². The number of nitrogens with zero attached hydrogens (tertiary/aromatic N) is 4. The Bertz CT molecular complexity index is 1100. The van der Waals surface area contributed by atoms with E-state index in [-0.39, 0.29) is 11.6 Å². The third-order valence-electron chi connectivity index (χ3n) is 4.20. The van der Waals surface area contributed by atoms with E-state index in [2.05, 4.69) is 69.2 Å². The molecular formula is C20H20F2I2N4. The normalized spacial score (nSPS) is 11.1. The Morgan fingerprint density at radius 3 is 2.07 bits per heavy atom. The summed E-state index contributed by atoms with van der Waals surface area (Å²) in [5.41, 5.74) is 1.10. The maximum Gasteiger partial charge on any atom is 0.151 e. The summed E-state index contributed by atoms with van der Waals surface area (Å²) in [5.74, 6) is -0.429. The van der Waals surface area contributed by atoms with Crippen molar-refractivity contribution in [3.63, 3.8) is 0 Å². The zero-order chi connectivity index (χ0) is 20.3. The molecule has 2 aromatic carbocycles. The first-order valence-corrected chi connectivity index (χ1v) is 11.2. The van der Waals surface area contributed by atoms with Crippen molar-refractivity contribution in [1.29, 1.82) is 0 Å². The molecule has 2 aromatic heterocycles. The van der Waals surface area contributed by atoms with Crippen molar-refractivity contribution in [2.24, 2.45) is 0 Å². The monoisotopic (exact) mass is 608 g/mol. The summed E-state index contributed by atoms with van der Waals surface area (Å²) >= 11 is 4.34. The molecule has 0 saturated heterocycles. The molecule has 0 atom stereocenters. The number of aryl methyl sites for hydroxylation is 2. The van der Waals surface area contributed by atoms with E-state index in [9.17, 15) is 8.78 Å². The number of rotatable bonds is 4. The second-order valence-corrected chi connectivity index (χ2v) is 8.34. The largest absolute Gasteiger partial charge is 0.261 e. The van der Waals surface area contributed by atoms with Gasteiger partial charge in [-0.15, -0.1) is 0 Å². The molecule has 0 saturated carbocycles. The SMILES string of the molecule is CCCn1nc(I)c2cccc(F)c21.CCCn1nc2c(F)cccc2c1I. The van der Waals surface area contributed by atoms with Crippen LogP contribution in [0.15, 0.2) is 36.4 Å². The van der Waals surface area contributed by atoms with E-state index in [1.54, 1.807) is 16.8 Å². The van der Waals surface area contributed by atoms with Gasteiger partial charge in [-0.05, 0) is 82.3 Å². The van der Waals surface area contributed by atoms with Crippen LogP contribution in [0.25, 0.3) is 21.8 Å². The zero-order valence-electron chi connectivity index (χ0n) is 15.6. The van der Waals surface area contributed by atoms with E-state index in [0.29, 0.717) is 11.0 Å². The van der Waals surface area contributed by atoms with Crippen LogP contribution >= 0.6 is 45.2 Å². The van der Waals surface area contributed by atoms with Crippen LogP contribution in [0.3, 0.4) is 0 Å². The summed E-state index contributed by atoms with van der Waals surface area (Å²) in [7, 11) is 0. The van der Waals surface area contributed by atoms with E-state index in [4.69, 9.17) is 0 Å². The van der Waals surface area contributed by atoms with Gasteiger partial charge in [-0.3, -0.25) is 9.36 Å². The summed E-state index contributed by atoms with van der Waals surface area (Å²) in [4.78, 5) is 0. The van der Waals surface area contributed by atoms with Gasteiger partial charge in [0, 0.05) is 23.9 Å². The first-order chi connectivity index (χ1) is 13.5. The van der Waals surface area contributed by atoms with Crippen LogP contribution in [-0.4, -0.2) is 19.6 Å². The summed E-state index contributed by atoms with van der Waals surface area (Å²) in [6.07, 6.45) is 1.97. The summed E-state index contributed by atoms with van der Waals surface area (Å²) in [5, 5.41) is 10.3. The molecule has 0 aliphatic heterocycles. The highest BCUT2D eigenvalue weighted by molar-refractivity contribution is 14.1. The van der Waals surface area contributed by atoms with Crippen molar-refractivity contribution in [2.45, 2.75) is 39.8 Å². The molecule has 8 heteroatoms. The lowest BCUT2D eigenvalue weighted by atomic mass is 10.2. The van der Waals surface area contributed by atoms with Gasteiger partial charge in [-0.2, -0.15) is 10.2 Å². The molecule has 4 aromatic rings. The van der Waals surface area contributed by atoms with Crippen LogP contribution in [0.5, 0.6) is 0 Å². The molecule has 0 aliphatic carbocycles. The van der Waals surface area contributed by atoms with Crippen LogP contribution in [0.2, 0.25) is 0 Å². The van der Waals surface area contributed by atoms with E-state index in [1.165, 1.54) is 12.1 Å². The number of halogens is 4. The van der Waals surface area contributed by atoms with Crippen molar-refractivity contribution in [3.8, 4) is 0 Å². The highest BCUT2D eigenvalue weighted by atomic mass is 127. The summed E-state index contributed by atoms with van der Waals surface area (Å²) in [6.45, 7) is 5.74. The zero-order valence-corrected chi connectivity index (χ0v) is 19.9. The van der Waals surface area contributed by atoms with E-state index in [1.807, 2.05) is 16.8 Å². The maximum absolute atomic E-state index is 13.5. The second kappa shape index (κ2) is 9.47. The average molecular weight is 608 g/mol. The smallest absolute Gasteiger partial charge is 0.151 e. The minimum atomic E-state index is -0.240. The van der Waals surface area contributed by atoms with Crippen LogP contribution in [0, 0.1) is 19.0 Å². The Kier molecular flexibility index (Phi) is 7.24. The lowest BCUT2D eigenvalue weighted by molar-refractivity contribution is 0.585. The predicted molar refractivity (Wildman–Crippen MR) is 125 cm³/mol. The van der Waals surface area contributed by atoms with Gasteiger partial charge >= 0.3 is 0 Å². The molecule has 0 aliphatic rings. The molecule has 4 nitrogen and oxygen atoms in total. The number of benzene rings is 2. The van der Waals surface area contributed by atoms with Gasteiger partial charge in [-0.1, -0.05) is 26.0 Å². The molecule has 0 bridgehead atoms. The number of hydrogen-bond acceptors (Lipinski definition) is 2. The van der Waals surface area contributed by atoms with Crippen molar-refractivity contribution in [3.05, 3.63) is 55.4 Å². The topological polar surface area (TPSA) is 35.6 Å². The lowest BCUT2D eigenvalue weighted by Gasteiger charge is -2.00. The van der Waals surface area contributed by atoms with Crippen molar-refractivity contribution in [1.82, 2.24) is 19.6 Å². The maximum atomic E-state index is 13.5. The first-order valence-electron chi connectivity index (χ1n) is 9.09. The fourth-order valence-electron chi connectivity index (χ4n) is 2.97. The van der Waals surface area contributed by atoms with Gasteiger partial charge in [0.15, 0.2) is 5.82 Å². The Morgan fingerprint density at radius 2 is 1.43 bits per heavy atom. The Hall–Kier alpha value is -1.30. The van der Waals surface area contributed by atoms with Gasteiger partial charge in [0.1, 0.15) is 24.3 Å². The van der Waals surface area contributed by atoms with E-state index < -0.39 is 0 Å². The highest BCUT2D eigenvalue weighted by Crippen LogP contribution is 2.23. The highest BCUT2D eigenvalue weighted by Gasteiger charge is 2.11. The Morgan fingerprint density at radius 1 is 0.821 bits per heavy atom. The van der Waals surface area contributed by atoms with Crippen molar-refractivity contribution in [2.75, 3.05) is 0 Å². The Labute approximate surface area is 189 Å². The molecule has 0 N–H and O–H groups in total. The minimum Gasteiger partial charge on any atom is -0.261 e. The van der Waals surface area contributed by atoms with Gasteiger partial charge in [0.25, 0.3) is 0 Å². The first kappa shape index (κ1) is 21.4. The molecule has 2 heterocycles. The molecule has 0 spiro atoms. The number of hydrogen-bond donors (Lipinski definition) is 0. The van der Waals surface area contributed by atoms with E-state index >= 15 is 0 Å². The van der Waals surface area contributed by atoms with Crippen molar-refractivity contribution < 1.29 is 8.78 Å². The fourth-order valence-corrected chi connectivity index (χ4v) is 4.45. The standard InChI is InChI=1S/2C10H10FIN2/c1-2-6-14-9-7(10(12)13-14)4-3-5-8(9)11;1-2-6-14-10(12)7-4-3-5-8(11)9(7)13-14/h2*3-5H,2,6H2,1H3. The summed E-state index contributed by atoms with van der Waals surface area (Å²) in [6, 6.07) is 10.2. The molecule has 148 valence electrons. The summed E-state index contributed by atoms with van der Waals surface area (Å²) < 4.78 is 32.3. The van der Waals surface area contributed by atoms with Gasteiger partial charge < -0.3 is 0 Å². The van der Waals surface area contributed by atoms with Gasteiger partial charge in [-0.25, -0.2) is 8.78 Å². The lowest BCUT2D eigenvalue weighted by Crippen LogP contribution is -2.00. The van der Waals surface area contributed by atoms with E-state index in [0.717, 1.165) is 44.1 Å². The Balaban J connectivity index is 0.000000161. The van der Waals surface area contributed by atoms with Gasteiger partial charge in [0.2, 0.25) is 0 Å². The third-order valence-corrected chi connectivity index (χ3v) is 6.14. The average Bonchev–Trinajstić information content (AvgIpc) is 3.16. The fraction of sp³-hybridized carbons (Fsp3) is 0.300. The van der Waals surface area contributed by atoms with Crippen LogP contribution in [0.4, 0.5) is 8.78 Å². The number of aromatic nitrogens is 4. The van der Waals surface area contributed by atoms with Gasteiger partial charge in [0.05, 0.1) is 0 Å². The second-order valence-electron chi connectivity index (χ2n) is 6.30. The molecule has 28 heavy (non-hydrogen) atoms. The number of fused-ring (bicyclic) bond motifs is 2. The third kappa shape index (κ3) is 4.32. The molecule has 0 amide bonds. The number of para-hydroxylation sites is 1. The quantitative estimate of drug-likeness (QED) is 0.252. The van der Waals surface area contributed by atoms with Crippen LogP contribution < -0.4 is 0 Å².